The van der Waals surface area contributed by atoms with Crippen molar-refractivity contribution < 1.29 is 28.8 Å². The van der Waals surface area contributed by atoms with Crippen LogP contribution >= 0.6 is 34.8 Å². The zero-order valence-electron chi connectivity index (χ0n) is 13.7. The largest absolute Gasteiger partial charge is 0.497 e. The van der Waals surface area contributed by atoms with Gasteiger partial charge in [0.25, 0.3) is 0 Å². The highest BCUT2D eigenvalue weighted by Crippen LogP contribution is 2.26. The molecule has 0 saturated heterocycles. The van der Waals surface area contributed by atoms with Crippen molar-refractivity contribution in [3.05, 3.63) is 36.4 Å². The normalized spacial score (nSPS) is 22.6. The van der Waals surface area contributed by atoms with Crippen LogP contribution in [-0.4, -0.2) is 53.8 Å². The minimum absolute atomic E-state index is 0.345. The Kier molecular flexibility index (Phi) is 7.67. The average molecular weight is 427 g/mol. The lowest BCUT2D eigenvalue weighted by Gasteiger charge is -2.31. The molecule has 0 fully saturated rings. The number of carbonyl (C=O) groups excluding carboxylic acids is 1. The molecule has 144 valence electrons. The molecule has 0 aliphatic carbocycles. The third-order valence-electron chi connectivity index (χ3n) is 3.33. The SMILES string of the molecule is COc1ccc(O[C@@H]2C=C[C@H](NC(=O)OCC(Cl)(Cl)Cl)[C@@H](CO)O2)cc1. The van der Waals surface area contributed by atoms with E-state index in [0.717, 1.165) is 0 Å². The van der Waals surface area contributed by atoms with Crippen molar-refractivity contribution in [3.8, 4) is 11.5 Å². The van der Waals surface area contributed by atoms with E-state index in [4.69, 9.17) is 53.8 Å². The number of alkyl carbamates (subject to hydrolysis) is 1. The Morgan fingerprint density at radius 1 is 1.23 bits per heavy atom. The summed E-state index contributed by atoms with van der Waals surface area (Å²) in [4.78, 5) is 11.7. The van der Waals surface area contributed by atoms with Gasteiger partial charge >= 0.3 is 6.09 Å². The fourth-order valence-corrected chi connectivity index (χ4v) is 2.28. The van der Waals surface area contributed by atoms with Gasteiger partial charge in [0.05, 0.1) is 19.8 Å². The van der Waals surface area contributed by atoms with Crippen LogP contribution in [0.1, 0.15) is 0 Å². The third kappa shape index (κ3) is 6.74. The molecule has 1 aromatic rings. The Morgan fingerprint density at radius 2 is 1.88 bits per heavy atom. The molecular weight excluding hydrogens is 409 g/mol. The van der Waals surface area contributed by atoms with E-state index in [1.165, 1.54) is 0 Å². The van der Waals surface area contributed by atoms with Crippen molar-refractivity contribution in [3.63, 3.8) is 0 Å². The number of alkyl halides is 3. The van der Waals surface area contributed by atoms with E-state index in [2.05, 4.69) is 5.32 Å². The number of hydrogen-bond donors (Lipinski definition) is 2. The number of nitrogens with one attached hydrogen (secondary N) is 1. The molecule has 0 saturated carbocycles. The summed E-state index contributed by atoms with van der Waals surface area (Å²) in [6.45, 7) is -0.754. The number of benzene rings is 1. The second-order valence-corrected chi connectivity index (χ2v) is 7.78. The van der Waals surface area contributed by atoms with E-state index in [1.807, 2.05) is 0 Å². The van der Waals surface area contributed by atoms with E-state index in [1.54, 1.807) is 43.5 Å². The summed E-state index contributed by atoms with van der Waals surface area (Å²) < 4.78 is 19.4. The molecule has 0 bridgehead atoms. The monoisotopic (exact) mass is 425 g/mol. The van der Waals surface area contributed by atoms with Crippen LogP contribution in [0.5, 0.6) is 11.5 Å². The standard InChI is InChI=1S/C16H18Cl3NO6/c1-23-10-2-4-11(5-3-10)25-14-7-6-12(13(8-21)26-14)20-15(22)24-9-16(17,18)19/h2-7,12-14,21H,8-9H2,1H3,(H,20,22)/t12-,13+,14-/m0/s1. The van der Waals surface area contributed by atoms with Crippen molar-refractivity contribution in [1.29, 1.82) is 0 Å². The van der Waals surface area contributed by atoms with Crippen LogP contribution in [0.2, 0.25) is 0 Å². The van der Waals surface area contributed by atoms with Gasteiger partial charge < -0.3 is 29.4 Å². The van der Waals surface area contributed by atoms with E-state index in [-0.39, 0.29) is 6.61 Å². The van der Waals surface area contributed by atoms with Crippen LogP contribution in [0.4, 0.5) is 4.79 Å². The van der Waals surface area contributed by atoms with Gasteiger partial charge in [0.2, 0.25) is 10.1 Å². The minimum Gasteiger partial charge on any atom is -0.497 e. The average Bonchev–Trinajstić information content (AvgIpc) is 2.61. The number of halogens is 3. The summed E-state index contributed by atoms with van der Waals surface area (Å²) in [7, 11) is 1.57. The first-order valence-electron chi connectivity index (χ1n) is 7.56. The van der Waals surface area contributed by atoms with Crippen molar-refractivity contribution in [1.82, 2.24) is 5.32 Å². The summed E-state index contributed by atoms with van der Waals surface area (Å²) in [6.07, 6.45) is 0.979. The first kappa shape index (κ1) is 20.9. The fraction of sp³-hybridized carbons (Fsp3) is 0.438. The zero-order valence-corrected chi connectivity index (χ0v) is 16.0. The van der Waals surface area contributed by atoms with Gasteiger partial charge in [0, 0.05) is 0 Å². The van der Waals surface area contributed by atoms with Crippen LogP contribution in [-0.2, 0) is 9.47 Å². The predicted molar refractivity (Wildman–Crippen MR) is 97.1 cm³/mol. The van der Waals surface area contributed by atoms with Gasteiger partial charge in [-0.25, -0.2) is 4.79 Å². The zero-order chi connectivity index (χ0) is 19.2. The van der Waals surface area contributed by atoms with E-state index in [9.17, 15) is 9.90 Å². The van der Waals surface area contributed by atoms with Crippen molar-refractivity contribution in [2.24, 2.45) is 0 Å². The van der Waals surface area contributed by atoms with E-state index in [0.29, 0.717) is 11.5 Å². The lowest BCUT2D eigenvalue weighted by molar-refractivity contribution is -0.118. The lowest BCUT2D eigenvalue weighted by atomic mass is 10.1. The molecule has 1 aliphatic rings. The highest BCUT2D eigenvalue weighted by molar-refractivity contribution is 6.67. The van der Waals surface area contributed by atoms with Crippen molar-refractivity contribution in [2.45, 2.75) is 22.2 Å². The molecule has 0 spiro atoms. The van der Waals surface area contributed by atoms with Gasteiger partial charge in [-0.2, -0.15) is 0 Å². The Labute approximate surface area is 165 Å². The number of methoxy groups -OCH3 is 1. The molecule has 1 aromatic carbocycles. The first-order chi connectivity index (χ1) is 12.3. The summed E-state index contributed by atoms with van der Waals surface area (Å²) in [5, 5.41) is 12.0. The molecule has 0 unspecified atom stereocenters. The lowest BCUT2D eigenvalue weighted by Crippen LogP contribution is -2.49. The van der Waals surface area contributed by atoms with E-state index < -0.39 is 34.9 Å². The van der Waals surface area contributed by atoms with Crippen molar-refractivity contribution >= 4 is 40.9 Å². The molecular formula is C16H18Cl3NO6. The van der Waals surface area contributed by atoms with Crippen molar-refractivity contribution in [2.75, 3.05) is 20.3 Å². The molecule has 0 aromatic heterocycles. The van der Waals surface area contributed by atoms with Gasteiger partial charge in [0.1, 0.15) is 24.2 Å². The molecule has 26 heavy (non-hydrogen) atoms. The number of carbonyl (C=O) groups is 1. The van der Waals surface area contributed by atoms with Crippen LogP contribution in [0.25, 0.3) is 0 Å². The second-order valence-electron chi connectivity index (χ2n) is 5.27. The molecule has 3 atom stereocenters. The Morgan fingerprint density at radius 3 is 2.46 bits per heavy atom. The van der Waals surface area contributed by atoms with Gasteiger partial charge in [-0.15, -0.1) is 0 Å². The molecule has 1 heterocycles. The summed E-state index contributed by atoms with van der Waals surface area (Å²) in [5.74, 6) is 1.26. The van der Waals surface area contributed by atoms with Crippen LogP contribution in [0, 0.1) is 0 Å². The van der Waals surface area contributed by atoms with Gasteiger partial charge in [-0.1, -0.05) is 40.9 Å². The Balaban J connectivity index is 1.91. The molecule has 1 aliphatic heterocycles. The maximum atomic E-state index is 11.7. The predicted octanol–water partition coefficient (Wildman–Crippen LogP) is 2.81. The maximum absolute atomic E-state index is 11.7. The number of ether oxygens (including phenoxy) is 4. The fourth-order valence-electron chi connectivity index (χ4n) is 2.11. The summed E-state index contributed by atoms with van der Waals surface area (Å²) >= 11 is 16.5. The molecule has 7 nitrogen and oxygen atoms in total. The number of aliphatic hydroxyl groups excluding tert-OH is 1. The summed E-state index contributed by atoms with van der Waals surface area (Å²) in [5.41, 5.74) is 0. The molecule has 2 N–H and O–H groups in total. The second kappa shape index (κ2) is 9.53. The van der Waals surface area contributed by atoms with Gasteiger partial charge in [-0.3, -0.25) is 0 Å². The number of aliphatic hydroxyl groups is 1. The van der Waals surface area contributed by atoms with Gasteiger partial charge in [0.15, 0.2) is 0 Å². The quantitative estimate of drug-likeness (QED) is 0.537. The van der Waals surface area contributed by atoms with Crippen LogP contribution in [0.3, 0.4) is 0 Å². The van der Waals surface area contributed by atoms with Crippen LogP contribution < -0.4 is 14.8 Å². The Bertz CT molecular complexity index is 619. The maximum Gasteiger partial charge on any atom is 0.407 e. The molecule has 2 rings (SSSR count). The molecule has 0 radical (unpaired) electrons. The highest BCUT2D eigenvalue weighted by atomic mass is 35.6. The number of hydrogen-bond acceptors (Lipinski definition) is 6. The smallest absolute Gasteiger partial charge is 0.407 e. The van der Waals surface area contributed by atoms with E-state index >= 15 is 0 Å². The number of rotatable bonds is 6. The van der Waals surface area contributed by atoms with Gasteiger partial charge in [-0.05, 0) is 30.3 Å². The number of amides is 1. The highest BCUT2D eigenvalue weighted by Gasteiger charge is 2.30. The minimum atomic E-state index is -1.70. The van der Waals surface area contributed by atoms with Crippen LogP contribution in [0.15, 0.2) is 36.4 Å². The molecule has 10 heteroatoms. The molecule has 1 amide bonds. The Hall–Kier alpha value is -1.38. The third-order valence-corrected chi connectivity index (χ3v) is 3.66. The topological polar surface area (TPSA) is 86.3 Å². The summed E-state index contributed by atoms with van der Waals surface area (Å²) in [6, 6.07) is 6.32. The first-order valence-corrected chi connectivity index (χ1v) is 8.69.